The van der Waals surface area contributed by atoms with Gasteiger partial charge in [0.05, 0.1) is 6.33 Å². The summed E-state index contributed by atoms with van der Waals surface area (Å²) in [5, 5.41) is 0. The summed E-state index contributed by atoms with van der Waals surface area (Å²) in [7, 11) is 0. The Morgan fingerprint density at radius 3 is 2.60 bits per heavy atom. The molecule has 0 bridgehead atoms. The molecule has 0 saturated heterocycles. The number of hydrogen-bond donors (Lipinski definition) is 0. The maximum absolute atomic E-state index is 12.1. The summed E-state index contributed by atoms with van der Waals surface area (Å²) < 4.78 is 7.24. The molecular formula is C20H15N3O2. The highest BCUT2D eigenvalue weighted by Gasteiger charge is 2.24. The van der Waals surface area contributed by atoms with Crippen molar-refractivity contribution in [3.05, 3.63) is 89.6 Å². The minimum atomic E-state index is -0.433. The maximum atomic E-state index is 12.1. The highest BCUT2D eigenvalue weighted by Crippen LogP contribution is 2.21. The number of cyclic esters (lactones) is 1. The van der Waals surface area contributed by atoms with Crippen molar-refractivity contribution in [2.45, 2.75) is 6.92 Å². The van der Waals surface area contributed by atoms with Crippen molar-refractivity contribution in [1.82, 2.24) is 9.55 Å². The van der Waals surface area contributed by atoms with Gasteiger partial charge in [0.1, 0.15) is 0 Å². The molecule has 2 heterocycles. The van der Waals surface area contributed by atoms with Crippen LogP contribution in [0.5, 0.6) is 0 Å². The highest BCUT2D eigenvalue weighted by molar-refractivity contribution is 6.13. The lowest BCUT2D eigenvalue weighted by molar-refractivity contribution is -0.129. The number of aliphatic imine (C=N–C) groups is 1. The Hall–Kier alpha value is -3.47. The van der Waals surface area contributed by atoms with E-state index in [9.17, 15) is 4.79 Å². The van der Waals surface area contributed by atoms with E-state index in [1.165, 1.54) is 0 Å². The zero-order valence-corrected chi connectivity index (χ0v) is 13.6. The number of rotatable bonds is 3. The summed E-state index contributed by atoms with van der Waals surface area (Å²) in [6.07, 6.45) is 7.07. The topological polar surface area (TPSA) is 56.5 Å². The molecule has 0 spiro atoms. The molecule has 122 valence electrons. The molecule has 1 aliphatic heterocycles. The van der Waals surface area contributed by atoms with Crippen LogP contribution in [0.25, 0.3) is 11.8 Å². The van der Waals surface area contributed by atoms with Crippen molar-refractivity contribution >= 4 is 17.9 Å². The normalized spacial score (nSPS) is 15.3. The van der Waals surface area contributed by atoms with Gasteiger partial charge in [-0.05, 0) is 42.3 Å². The van der Waals surface area contributed by atoms with Crippen LogP contribution in [0.15, 0.2) is 77.9 Å². The van der Waals surface area contributed by atoms with Crippen molar-refractivity contribution < 1.29 is 9.53 Å². The Bertz CT molecular complexity index is 984. The summed E-state index contributed by atoms with van der Waals surface area (Å²) in [4.78, 5) is 20.5. The van der Waals surface area contributed by atoms with Crippen molar-refractivity contribution in [2.75, 3.05) is 0 Å². The number of aryl methyl sites for hydroxylation is 1. The van der Waals surface area contributed by atoms with Gasteiger partial charge in [0, 0.05) is 23.6 Å². The molecule has 3 aromatic rings. The van der Waals surface area contributed by atoms with Crippen molar-refractivity contribution in [2.24, 2.45) is 4.99 Å². The first-order chi connectivity index (χ1) is 12.2. The number of imidazole rings is 1. The Labute approximate surface area is 144 Å². The molecule has 1 aliphatic rings. The zero-order valence-electron chi connectivity index (χ0n) is 13.6. The molecule has 0 amide bonds. The van der Waals surface area contributed by atoms with Crippen LogP contribution in [0.1, 0.15) is 16.7 Å². The number of ether oxygens (including phenoxy) is 1. The second kappa shape index (κ2) is 6.20. The minimum absolute atomic E-state index is 0.300. The second-order valence-electron chi connectivity index (χ2n) is 5.71. The quantitative estimate of drug-likeness (QED) is 0.546. The highest BCUT2D eigenvalue weighted by atomic mass is 16.6. The molecule has 0 N–H and O–H groups in total. The van der Waals surface area contributed by atoms with E-state index in [0.717, 1.165) is 22.4 Å². The number of aromatic nitrogens is 2. The molecule has 4 rings (SSSR count). The lowest BCUT2D eigenvalue weighted by Crippen LogP contribution is -2.06. The standard InChI is InChI=1S/C20H15N3O2/c1-14-4-2-3-5-17(14)19-22-18(20(24)25-19)12-15-6-8-16(9-7-15)23-11-10-21-13-23/h2-13H,1H3/b18-12+. The average Bonchev–Trinajstić information content (AvgIpc) is 3.27. The van der Waals surface area contributed by atoms with E-state index in [-0.39, 0.29) is 0 Å². The minimum Gasteiger partial charge on any atom is -0.402 e. The fraction of sp³-hybridized carbons (Fsp3) is 0.0500. The fourth-order valence-electron chi connectivity index (χ4n) is 2.65. The summed E-state index contributed by atoms with van der Waals surface area (Å²) >= 11 is 0. The van der Waals surface area contributed by atoms with Gasteiger partial charge in [-0.3, -0.25) is 0 Å². The summed E-state index contributed by atoms with van der Waals surface area (Å²) in [5.41, 5.74) is 4.02. The first-order valence-corrected chi connectivity index (χ1v) is 7.88. The number of hydrogen-bond acceptors (Lipinski definition) is 4. The van der Waals surface area contributed by atoms with Crippen molar-refractivity contribution in [3.8, 4) is 5.69 Å². The third-order valence-electron chi connectivity index (χ3n) is 4.00. The molecule has 0 radical (unpaired) electrons. The number of esters is 1. The van der Waals surface area contributed by atoms with Gasteiger partial charge in [-0.1, -0.05) is 30.3 Å². The van der Waals surface area contributed by atoms with E-state index in [2.05, 4.69) is 9.98 Å². The molecule has 25 heavy (non-hydrogen) atoms. The van der Waals surface area contributed by atoms with Crippen LogP contribution in [0.4, 0.5) is 0 Å². The lowest BCUT2D eigenvalue weighted by Gasteiger charge is -2.02. The SMILES string of the molecule is Cc1ccccc1C1=N/C(=C/c2ccc(-n3ccnc3)cc2)C(=O)O1. The van der Waals surface area contributed by atoms with E-state index in [4.69, 9.17) is 4.74 Å². The monoisotopic (exact) mass is 329 g/mol. The predicted octanol–water partition coefficient (Wildman–Crippen LogP) is 3.53. The summed E-state index contributed by atoms with van der Waals surface area (Å²) in [6, 6.07) is 15.5. The zero-order chi connectivity index (χ0) is 17.2. The van der Waals surface area contributed by atoms with Crippen LogP contribution in [0.3, 0.4) is 0 Å². The van der Waals surface area contributed by atoms with Gasteiger partial charge in [0.2, 0.25) is 5.90 Å². The van der Waals surface area contributed by atoms with Crippen LogP contribution in [-0.2, 0) is 9.53 Å². The first-order valence-electron chi connectivity index (χ1n) is 7.88. The molecule has 2 aromatic carbocycles. The second-order valence-corrected chi connectivity index (χ2v) is 5.71. The molecule has 0 fully saturated rings. The van der Waals surface area contributed by atoms with Gasteiger partial charge in [0.15, 0.2) is 5.70 Å². The molecule has 1 aromatic heterocycles. The summed E-state index contributed by atoms with van der Waals surface area (Å²) in [5.74, 6) is -0.0821. The van der Waals surface area contributed by atoms with E-state index in [0.29, 0.717) is 11.6 Å². The Kier molecular flexibility index (Phi) is 3.74. The van der Waals surface area contributed by atoms with Crippen molar-refractivity contribution in [1.29, 1.82) is 0 Å². The Morgan fingerprint density at radius 1 is 1.08 bits per heavy atom. The van der Waals surface area contributed by atoms with Crippen LogP contribution in [0.2, 0.25) is 0 Å². The molecule has 0 atom stereocenters. The molecule has 0 saturated carbocycles. The maximum Gasteiger partial charge on any atom is 0.363 e. The fourth-order valence-corrected chi connectivity index (χ4v) is 2.65. The van der Waals surface area contributed by atoms with E-state index >= 15 is 0 Å². The van der Waals surface area contributed by atoms with E-state index in [1.807, 2.05) is 66.2 Å². The van der Waals surface area contributed by atoms with Gasteiger partial charge >= 0.3 is 5.97 Å². The third-order valence-corrected chi connectivity index (χ3v) is 4.00. The lowest BCUT2D eigenvalue weighted by atomic mass is 10.1. The van der Waals surface area contributed by atoms with Gasteiger partial charge in [-0.15, -0.1) is 0 Å². The van der Waals surface area contributed by atoms with Gasteiger partial charge < -0.3 is 9.30 Å². The molecule has 5 heteroatoms. The smallest absolute Gasteiger partial charge is 0.363 e. The van der Waals surface area contributed by atoms with Gasteiger partial charge in [-0.25, -0.2) is 14.8 Å². The predicted molar refractivity (Wildman–Crippen MR) is 95.3 cm³/mol. The van der Waals surface area contributed by atoms with E-state index in [1.54, 1.807) is 18.6 Å². The first kappa shape index (κ1) is 15.1. The molecular weight excluding hydrogens is 314 g/mol. The average molecular weight is 329 g/mol. The number of benzene rings is 2. The number of carbonyl (C=O) groups excluding carboxylic acids is 1. The largest absolute Gasteiger partial charge is 0.402 e. The molecule has 0 unspecified atom stereocenters. The van der Waals surface area contributed by atoms with Gasteiger partial charge in [0.25, 0.3) is 0 Å². The van der Waals surface area contributed by atoms with Crippen molar-refractivity contribution in [3.63, 3.8) is 0 Å². The van der Waals surface area contributed by atoms with E-state index < -0.39 is 5.97 Å². The third kappa shape index (κ3) is 2.99. The number of carbonyl (C=O) groups is 1. The van der Waals surface area contributed by atoms with Crippen LogP contribution >= 0.6 is 0 Å². The Balaban J connectivity index is 1.63. The Morgan fingerprint density at radius 2 is 1.88 bits per heavy atom. The van der Waals surface area contributed by atoms with Crippen LogP contribution in [-0.4, -0.2) is 21.4 Å². The summed E-state index contributed by atoms with van der Waals surface area (Å²) in [6.45, 7) is 1.96. The van der Waals surface area contributed by atoms with Gasteiger partial charge in [-0.2, -0.15) is 0 Å². The number of nitrogens with zero attached hydrogens (tertiary/aromatic N) is 3. The molecule has 5 nitrogen and oxygen atoms in total. The van der Waals surface area contributed by atoms with Crippen LogP contribution in [0, 0.1) is 6.92 Å². The van der Waals surface area contributed by atoms with Crippen LogP contribution < -0.4 is 0 Å². The molecule has 0 aliphatic carbocycles.